The maximum Gasteiger partial charge on any atom is 0.181 e. The SMILES string of the molecule is Cc1nc(N)sc1Cl. The number of halogens is 1. The van der Waals surface area contributed by atoms with Gasteiger partial charge in [0.1, 0.15) is 4.34 Å². The molecule has 0 aliphatic heterocycles. The van der Waals surface area contributed by atoms with Gasteiger partial charge in [-0.05, 0) is 6.92 Å². The van der Waals surface area contributed by atoms with E-state index in [2.05, 4.69) is 4.98 Å². The van der Waals surface area contributed by atoms with E-state index >= 15 is 0 Å². The van der Waals surface area contributed by atoms with Crippen LogP contribution < -0.4 is 5.73 Å². The van der Waals surface area contributed by atoms with Gasteiger partial charge in [0.25, 0.3) is 0 Å². The Kier molecular flexibility index (Phi) is 1.40. The summed E-state index contributed by atoms with van der Waals surface area (Å²) in [7, 11) is 0. The summed E-state index contributed by atoms with van der Waals surface area (Å²) < 4.78 is 0.683. The first-order valence-corrected chi connectivity index (χ1v) is 3.28. The van der Waals surface area contributed by atoms with Crippen LogP contribution in [0.25, 0.3) is 0 Å². The number of hydrogen-bond acceptors (Lipinski definition) is 3. The van der Waals surface area contributed by atoms with Gasteiger partial charge in [0.05, 0.1) is 5.69 Å². The molecular weight excluding hydrogens is 144 g/mol. The van der Waals surface area contributed by atoms with Gasteiger partial charge in [-0.3, -0.25) is 0 Å². The molecule has 0 amide bonds. The highest BCUT2D eigenvalue weighted by Gasteiger charge is 1.98. The first-order valence-electron chi connectivity index (χ1n) is 2.08. The minimum absolute atomic E-state index is 0.535. The smallest absolute Gasteiger partial charge is 0.181 e. The number of nitrogens with zero attached hydrogens (tertiary/aromatic N) is 1. The van der Waals surface area contributed by atoms with Crippen LogP contribution in [-0.2, 0) is 0 Å². The van der Waals surface area contributed by atoms with E-state index in [9.17, 15) is 0 Å². The quantitative estimate of drug-likeness (QED) is 0.608. The lowest BCUT2D eigenvalue weighted by atomic mass is 10.6. The lowest BCUT2D eigenvalue weighted by Gasteiger charge is -1.74. The summed E-state index contributed by atoms with van der Waals surface area (Å²) in [6.45, 7) is 1.83. The minimum Gasteiger partial charge on any atom is -0.375 e. The number of nitrogen functional groups attached to an aromatic ring is 1. The van der Waals surface area contributed by atoms with E-state index in [1.54, 1.807) is 0 Å². The Morgan fingerprint density at radius 1 is 1.75 bits per heavy atom. The second-order valence-electron chi connectivity index (χ2n) is 1.41. The van der Waals surface area contributed by atoms with Crippen LogP contribution in [0.1, 0.15) is 5.69 Å². The molecule has 1 aromatic rings. The number of anilines is 1. The van der Waals surface area contributed by atoms with Crippen LogP contribution in [-0.4, -0.2) is 4.98 Å². The van der Waals surface area contributed by atoms with E-state index < -0.39 is 0 Å². The molecule has 0 atom stereocenters. The predicted octanol–water partition coefficient (Wildman–Crippen LogP) is 1.69. The highest BCUT2D eigenvalue weighted by Crippen LogP contribution is 2.24. The van der Waals surface area contributed by atoms with Gasteiger partial charge in [-0.25, -0.2) is 4.98 Å². The average molecular weight is 149 g/mol. The van der Waals surface area contributed by atoms with Crippen LogP contribution in [0.2, 0.25) is 4.34 Å². The predicted molar refractivity (Wildman–Crippen MR) is 36.3 cm³/mol. The van der Waals surface area contributed by atoms with Crippen molar-refractivity contribution in [3.63, 3.8) is 0 Å². The summed E-state index contributed by atoms with van der Waals surface area (Å²) in [5.74, 6) is 0. The molecule has 0 aliphatic carbocycles. The molecule has 1 heterocycles. The molecule has 1 rings (SSSR count). The monoisotopic (exact) mass is 148 g/mol. The number of aromatic nitrogens is 1. The summed E-state index contributed by atoms with van der Waals surface area (Å²) in [4.78, 5) is 3.88. The van der Waals surface area contributed by atoms with Crippen LogP contribution in [0.3, 0.4) is 0 Å². The number of hydrogen-bond donors (Lipinski definition) is 1. The Bertz CT molecular complexity index is 176. The molecule has 0 aromatic carbocycles. The first kappa shape index (κ1) is 5.85. The summed E-state index contributed by atoms with van der Waals surface area (Å²) in [5.41, 5.74) is 6.12. The van der Waals surface area contributed by atoms with Crippen molar-refractivity contribution in [3.8, 4) is 0 Å². The Hall–Kier alpha value is -0.280. The number of thiazole rings is 1. The molecule has 8 heavy (non-hydrogen) atoms. The van der Waals surface area contributed by atoms with Crippen LogP contribution in [0.15, 0.2) is 0 Å². The van der Waals surface area contributed by atoms with Gasteiger partial charge < -0.3 is 5.73 Å². The van der Waals surface area contributed by atoms with Gasteiger partial charge in [0, 0.05) is 0 Å². The van der Waals surface area contributed by atoms with E-state index in [0.717, 1.165) is 5.69 Å². The van der Waals surface area contributed by atoms with Crippen molar-refractivity contribution in [2.24, 2.45) is 0 Å². The molecule has 0 fully saturated rings. The fraction of sp³-hybridized carbons (Fsp3) is 0.250. The first-order chi connectivity index (χ1) is 3.70. The maximum absolute atomic E-state index is 5.61. The third-order valence-corrected chi connectivity index (χ3v) is 2.04. The Morgan fingerprint density at radius 2 is 2.38 bits per heavy atom. The highest BCUT2D eigenvalue weighted by molar-refractivity contribution is 7.19. The largest absolute Gasteiger partial charge is 0.375 e. The molecule has 0 radical (unpaired) electrons. The van der Waals surface area contributed by atoms with Crippen molar-refractivity contribution in [1.29, 1.82) is 0 Å². The second-order valence-corrected chi connectivity index (χ2v) is 3.04. The molecule has 4 heteroatoms. The molecule has 2 nitrogen and oxygen atoms in total. The minimum atomic E-state index is 0.535. The van der Waals surface area contributed by atoms with Gasteiger partial charge in [-0.15, -0.1) is 0 Å². The van der Waals surface area contributed by atoms with E-state index in [-0.39, 0.29) is 0 Å². The zero-order chi connectivity index (χ0) is 6.15. The van der Waals surface area contributed by atoms with E-state index in [4.69, 9.17) is 17.3 Å². The molecule has 44 valence electrons. The van der Waals surface area contributed by atoms with Gasteiger partial charge in [0.15, 0.2) is 5.13 Å². The molecular formula is C4H5ClN2S. The van der Waals surface area contributed by atoms with Gasteiger partial charge in [-0.2, -0.15) is 0 Å². The molecule has 0 aliphatic rings. The molecule has 0 unspecified atom stereocenters. The maximum atomic E-state index is 5.61. The highest BCUT2D eigenvalue weighted by atomic mass is 35.5. The average Bonchev–Trinajstić information content (AvgIpc) is 1.85. The molecule has 0 saturated carbocycles. The van der Waals surface area contributed by atoms with Crippen LogP contribution in [0.5, 0.6) is 0 Å². The van der Waals surface area contributed by atoms with E-state index in [1.165, 1.54) is 11.3 Å². The third kappa shape index (κ3) is 0.928. The van der Waals surface area contributed by atoms with E-state index in [1.807, 2.05) is 6.92 Å². The topological polar surface area (TPSA) is 38.9 Å². The molecule has 0 saturated heterocycles. The lowest BCUT2D eigenvalue weighted by molar-refractivity contribution is 1.27. The summed E-state index contributed by atoms with van der Waals surface area (Å²) >= 11 is 6.91. The second kappa shape index (κ2) is 1.91. The number of aryl methyl sites for hydroxylation is 1. The van der Waals surface area contributed by atoms with Crippen molar-refractivity contribution in [1.82, 2.24) is 4.98 Å². The van der Waals surface area contributed by atoms with Gasteiger partial charge in [-0.1, -0.05) is 22.9 Å². The Labute approximate surface area is 56.3 Å². The third-order valence-electron chi connectivity index (χ3n) is 0.757. The summed E-state index contributed by atoms with van der Waals surface area (Å²) in [6.07, 6.45) is 0. The van der Waals surface area contributed by atoms with Gasteiger partial charge in [0.2, 0.25) is 0 Å². The Balaban J connectivity index is 3.14. The van der Waals surface area contributed by atoms with Crippen molar-refractivity contribution in [2.45, 2.75) is 6.92 Å². The molecule has 2 N–H and O–H groups in total. The zero-order valence-electron chi connectivity index (χ0n) is 4.31. The van der Waals surface area contributed by atoms with Crippen molar-refractivity contribution < 1.29 is 0 Å². The van der Waals surface area contributed by atoms with Crippen molar-refractivity contribution in [2.75, 3.05) is 5.73 Å². The fourth-order valence-corrected chi connectivity index (χ4v) is 1.24. The van der Waals surface area contributed by atoms with Gasteiger partial charge >= 0.3 is 0 Å². The Morgan fingerprint density at radius 3 is 2.50 bits per heavy atom. The molecule has 0 spiro atoms. The number of nitrogens with two attached hydrogens (primary N) is 1. The molecule has 1 aromatic heterocycles. The van der Waals surface area contributed by atoms with Crippen LogP contribution in [0.4, 0.5) is 5.13 Å². The van der Waals surface area contributed by atoms with Crippen molar-refractivity contribution in [3.05, 3.63) is 10.0 Å². The summed E-state index contributed by atoms with van der Waals surface area (Å²) in [5, 5.41) is 0.535. The van der Waals surface area contributed by atoms with Crippen LogP contribution >= 0.6 is 22.9 Å². The van der Waals surface area contributed by atoms with Crippen molar-refractivity contribution >= 4 is 28.1 Å². The number of rotatable bonds is 0. The van der Waals surface area contributed by atoms with E-state index in [0.29, 0.717) is 9.47 Å². The summed E-state index contributed by atoms with van der Waals surface area (Å²) in [6, 6.07) is 0. The normalized spacial score (nSPS) is 9.75. The fourth-order valence-electron chi connectivity index (χ4n) is 0.398. The molecule has 0 bridgehead atoms. The van der Waals surface area contributed by atoms with Crippen LogP contribution in [0, 0.1) is 6.92 Å². The zero-order valence-corrected chi connectivity index (χ0v) is 5.88. The standard InChI is InChI=1S/C4H5ClN2S/c1-2-3(5)8-4(6)7-2/h1H3,(H2,6,7). The lowest BCUT2D eigenvalue weighted by Crippen LogP contribution is -1.80.